The molecule has 2 fully saturated rings. The number of nitrogens with zero attached hydrogens (tertiary/aromatic N) is 1. The monoisotopic (exact) mass is 262 g/mol. The van der Waals surface area contributed by atoms with Gasteiger partial charge < -0.3 is 0 Å². The van der Waals surface area contributed by atoms with E-state index in [1.807, 2.05) is 0 Å². The van der Waals surface area contributed by atoms with Crippen LogP contribution in [0.3, 0.4) is 0 Å². The number of carbonyl (C=O) groups excluding carboxylic acids is 1. The predicted molar refractivity (Wildman–Crippen MR) is 71.8 cm³/mol. The first-order valence-electron chi connectivity index (χ1n) is 6.35. The highest BCUT2D eigenvalue weighted by Gasteiger charge is 2.36. The lowest BCUT2D eigenvalue weighted by Gasteiger charge is -2.11. The molecule has 0 aromatic heterocycles. The van der Waals surface area contributed by atoms with Gasteiger partial charge in [-0.3, -0.25) is 4.79 Å². The fourth-order valence-electron chi connectivity index (χ4n) is 2.95. The minimum atomic E-state index is -0.165. The summed E-state index contributed by atoms with van der Waals surface area (Å²) in [5, 5.41) is 4.92. The van der Waals surface area contributed by atoms with E-state index in [0.29, 0.717) is 16.5 Å². The minimum Gasteiger partial charge on any atom is -0.267 e. The van der Waals surface area contributed by atoms with Gasteiger partial charge >= 0.3 is 0 Å². The third-order valence-electron chi connectivity index (χ3n) is 3.92. The molecule has 0 saturated heterocycles. The van der Waals surface area contributed by atoms with Crippen LogP contribution in [0.4, 0.5) is 0 Å². The summed E-state index contributed by atoms with van der Waals surface area (Å²) in [7, 11) is 0. The molecule has 2 unspecified atom stereocenters. The Bertz CT molecular complexity index is 495. The molecular weight excluding hydrogens is 248 g/mol. The van der Waals surface area contributed by atoms with E-state index in [-0.39, 0.29) is 5.91 Å². The SMILES string of the molecule is O=C(N/N=C1/CC2CCC1C2)c1ccc(Cl)cc1. The van der Waals surface area contributed by atoms with Crippen LogP contribution in [0, 0.1) is 11.8 Å². The summed E-state index contributed by atoms with van der Waals surface area (Å²) in [6, 6.07) is 6.83. The van der Waals surface area contributed by atoms with Crippen molar-refractivity contribution in [2.45, 2.75) is 25.7 Å². The molecule has 94 valence electrons. The molecule has 3 rings (SSSR count). The molecule has 3 nitrogen and oxygen atoms in total. The highest BCUT2D eigenvalue weighted by Crippen LogP contribution is 2.42. The molecule has 0 spiro atoms. The molecule has 4 heteroatoms. The van der Waals surface area contributed by atoms with E-state index < -0.39 is 0 Å². The van der Waals surface area contributed by atoms with Crippen LogP contribution in [-0.4, -0.2) is 11.6 Å². The van der Waals surface area contributed by atoms with Crippen LogP contribution in [0.15, 0.2) is 29.4 Å². The smallest absolute Gasteiger partial charge is 0.267 e. The zero-order valence-electron chi connectivity index (χ0n) is 10.0. The van der Waals surface area contributed by atoms with Gasteiger partial charge in [-0.1, -0.05) is 11.6 Å². The molecule has 2 aliphatic carbocycles. The highest BCUT2D eigenvalue weighted by molar-refractivity contribution is 6.30. The number of nitrogens with one attached hydrogen (secondary N) is 1. The fraction of sp³-hybridized carbons (Fsp3) is 0.429. The van der Waals surface area contributed by atoms with Crippen molar-refractivity contribution in [3.63, 3.8) is 0 Å². The Kier molecular flexibility index (Phi) is 3.08. The Morgan fingerprint density at radius 2 is 2.06 bits per heavy atom. The van der Waals surface area contributed by atoms with E-state index in [1.54, 1.807) is 24.3 Å². The molecular formula is C14H15ClN2O. The van der Waals surface area contributed by atoms with Crippen LogP contribution in [0.5, 0.6) is 0 Å². The molecule has 0 aliphatic heterocycles. The van der Waals surface area contributed by atoms with Crippen LogP contribution >= 0.6 is 11.6 Å². The standard InChI is InChI=1S/C14H15ClN2O/c15-12-5-3-10(4-6-12)14(18)17-16-13-8-9-1-2-11(13)7-9/h3-6,9,11H,1-2,7-8H2,(H,17,18)/b16-13-. The lowest BCUT2D eigenvalue weighted by atomic mass is 9.99. The minimum absolute atomic E-state index is 0.165. The summed E-state index contributed by atoms with van der Waals surface area (Å²) < 4.78 is 0. The van der Waals surface area contributed by atoms with Gasteiger partial charge in [-0.15, -0.1) is 0 Å². The van der Waals surface area contributed by atoms with Crippen molar-refractivity contribution in [1.82, 2.24) is 5.43 Å². The third kappa shape index (κ3) is 2.27. The van der Waals surface area contributed by atoms with Gasteiger partial charge in [0.05, 0.1) is 0 Å². The van der Waals surface area contributed by atoms with E-state index in [2.05, 4.69) is 10.5 Å². The van der Waals surface area contributed by atoms with Crippen LogP contribution in [0.1, 0.15) is 36.0 Å². The largest absolute Gasteiger partial charge is 0.271 e. The van der Waals surface area contributed by atoms with Gasteiger partial charge in [-0.05, 0) is 61.8 Å². The van der Waals surface area contributed by atoms with Gasteiger partial charge in [0.2, 0.25) is 0 Å². The number of fused-ring (bicyclic) bond motifs is 2. The van der Waals surface area contributed by atoms with E-state index in [4.69, 9.17) is 11.6 Å². The van der Waals surface area contributed by atoms with Gasteiger partial charge in [0.15, 0.2) is 0 Å². The summed E-state index contributed by atoms with van der Waals surface area (Å²) in [5.41, 5.74) is 4.42. The van der Waals surface area contributed by atoms with Crippen molar-refractivity contribution >= 4 is 23.2 Å². The molecule has 2 atom stereocenters. The number of hydrogen-bond acceptors (Lipinski definition) is 2. The van der Waals surface area contributed by atoms with Gasteiger partial charge in [0, 0.05) is 16.3 Å². The lowest BCUT2D eigenvalue weighted by Crippen LogP contribution is -2.21. The molecule has 1 aromatic rings. The van der Waals surface area contributed by atoms with Gasteiger partial charge in [0.1, 0.15) is 0 Å². The number of rotatable bonds is 2. The summed E-state index contributed by atoms with van der Waals surface area (Å²) in [6.45, 7) is 0. The normalized spacial score (nSPS) is 27.7. The van der Waals surface area contributed by atoms with E-state index in [1.165, 1.54) is 25.0 Å². The quantitative estimate of drug-likeness (QED) is 0.817. The number of hydrogen-bond donors (Lipinski definition) is 1. The zero-order valence-corrected chi connectivity index (χ0v) is 10.8. The molecule has 1 aromatic carbocycles. The molecule has 0 radical (unpaired) electrons. The number of amides is 1. The first-order chi connectivity index (χ1) is 8.72. The van der Waals surface area contributed by atoms with Crippen LogP contribution < -0.4 is 5.43 Å². The van der Waals surface area contributed by atoms with Gasteiger partial charge in [0.25, 0.3) is 5.91 Å². The molecule has 18 heavy (non-hydrogen) atoms. The molecule has 2 bridgehead atoms. The Morgan fingerprint density at radius 3 is 2.67 bits per heavy atom. The van der Waals surface area contributed by atoms with E-state index >= 15 is 0 Å². The molecule has 2 saturated carbocycles. The molecule has 0 heterocycles. The predicted octanol–water partition coefficient (Wildman–Crippen LogP) is 3.25. The molecule has 2 aliphatic rings. The fourth-order valence-corrected chi connectivity index (χ4v) is 3.08. The molecule has 1 amide bonds. The summed E-state index contributed by atoms with van der Waals surface area (Å²) in [5.74, 6) is 1.25. The topological polar surface area (TPSA) is 41.5 Å². The number of hydrazone groups is 1. The van der Waals surface area contributed by atoms with E-state index in [0.717, 1.165) is 12.3 Å². The van der Waals surface area contributed by atoms with Crippen molar-refractivity contribution in [2.75, 3.05) is 0 Å². The second-order valence-corrected chi connectivity index (χ2v) is 5.57. The first-order valence-corrected chi connectivity index (χ1v) is 6.72. The Hall–Kier alpha value is -1.35. The summed E-state index contributed by atoms with van der Waals surface area (Å²) in [4.78, 5) is 11.9. The van der Waals surface area contributed by atoms with Crippen LogP contribution in [-0.2, 0) is 0 Å². The van der Waals surface area contributed by atoms with Crippen molar-refractivity contribution in [3.8, 4) is 0 Å². The molecule has 1 N–H and O–H groups in total. The third-order valence-corrected chi connectivity index (χ3v) is 4.17. The number of carbonyl (C=O) groups is 1. The van der Waals surface area contributed by atoms with Crippen molar-refractivity contribution in [2.24, 2.45) is 16.9 Å². The summed E-state index contributed by atoms with van der Waals surface area (Å²) in [6.07, 6.45) is 4.89. The lowest BCUT2D eigenvalue weighted by molar-refractivity contribution is 0.0954. The Labute approximate surface area is 111 Å². The number of benzene rings is 1. The number of halogens is 1. The van der Waals surface area contributed by atoms with Gasteiger partial charge in [-0.25, -0.2) is 5.43 Å². The second kappa shape index (κ2) is 4.73. The maximum Gasteiger partial charge on any atom is 0.271 e. The maximum absolute atomic E-state index is 11.9. The van der Waals surface area contributed by atoms with Crippen LogP contribution in [0.2, 0.25) is 5.02 Å². The Balaban J connectivity index is 1.65. The summed E-state index contributed by atoms with van der Waals surface area (Å²) >= 11 is 5.78. The van der Waals surface area contributed by atoms with Crippen molar-refractivity contribution < 1.29 is 4.79 Å². The average Bonchev–Trinajstić information content (AvgIpc) is 2.99. The Morgan fingerprint density at radius 1 is 1.28 bits per heavy atom. The van der Waals surface area contributed by atoms with E-state index in [9.17, 15) is 4.79 Å². The van der Waals surface area contributed by atoms with Crippen LogP contribution in [0.25, 0.3) is 0 Å². The average molecular weight is 263 g/mol. The maximum atomic E-state index is 11.9. The van der Waals surface area contributed by atoms with Crippen molar-refractivity contribution in [1.29, 1.82) is 0 Å². The van der Waals surface area contributed by atoms with Gasteiger partial charge in [-0.2, -0.15) is 5.10 Å². The highest BCUT2D eigenvalue weighted by atomic mass is 35.5. The van der Waals surface area contributed by atoms with Crippen molar-refractivity contribution in [3.05, 3.63) is 34.9 Å². The first kappa shape index (κ1) is 11.7. The zero-order chi connectivity index (χ0) is 12.5. The second-order valence-electron chi connectivity index (χ2n) is 5.13.